The lowest BCUT2D eigenvalue weighted by Gasteiger charge is -2.21. The molecule has 0 spiro atoms. The summed E-state index contributed by atoms with van der Waals surface area (Å²) < 4.78 is 40.9. The van der Waals surface area contributed by atoms with Crippen molar-refractivity contribution < 1.29 is 13.2 Å². The molecule has 7 heteroatoms. The maximum atomic E-state index is 13.0. The molecule has 26 heavy (non-hydrogen) atoms. The zero-order valence-corrected chi connectivity index (χ0v) is 13.8. The number of nitrogens with zero attached hydrogens (tertiary/aromatic N) is 3. The van der Waals surface area contributed by atoms with Gasteiger partial charge in [-0.2, -0.15) is 13.2 Å². The van der Waals surface area contributed by atoms with E-state index in [-0.39, 0.29) is 6.04 Å². The Hall–Kier alpha value is -2.83. The maximum absolute atomic E-state index is 13.0. The highest BCUT2D eigenvalue weighted by Gasteiger charge is 2.35. The van der Waals surface area contributed by atoms with E-state index < -0.39 is 11.7 Å². The zero-order chi connectivity index (χ0) is 18.1. The fourth-order valence-electron chi connectivity index (χ4n) is 3.01. The number of alkyl halides is 3. The maximum Gasteiger partial charge on any atom is 0.416 e. The molecule has 1 fully saturated rings. The lowest BCUT2D eigenvalue weighted by Crippen LogP contribution is -2.15. The number of aromatic nitrogens is 3. The molecule has 4 rings (SSSR count). The average molecular weight is 358 g/mol. The third-order valence-electron chi connectivity index (χ3n) is 4.47. The summed E-state index contributed by atoms with van der Waals surface area (Å²) in [4.78, 5) is 8.56. The van der Waals surface area contributed by atoms with Gasteiger partial charge in [-0.1, -0.05) is 18.2 Å². The van der Waals surface area contributed by atoms with E-state index in [0.717, 1.165) is 18.9 Å². The Labute approximate surface area is 148 Å². The largest absolute Gasteiger partial charge is 0.416 e. The summed E-state index contributed by atoms with van der Waals surface area (Å²) in [7, 11) is 0. The first-order valence-electron chi connectivity index (χ1n) is 8.40. The van der Waals surface area contributed by atoms with E-state index in [9.17, 15) is 13.2 Å². The lowest BCUT2D eigenvalue weighted by molar-refractivity contribution is -0.137. The Bertz CT molecular complexity index is 886. The minimum atomic E-state index is -4.34. The standard InChI is InChI=1S/C19H17F3N4/c20-19(21,22)15-4-1-3-14(11-15)18(13-7-8-13)25-16-5-2-6-17(24-16)26-10-9-23-12-26/h1-6,9-13,18H,7-8H2,(H,24,25)/t18-/m0/s1. The molecule has 134 valence electrons. The molecule has 1 aliphatic carbocycles. The fraction of sp³-hybridized carbons (Fsp3) is 0.263. The number of hydrogen-bond donors (Lipinski definition) is 1. The van der Waals surface area contributed by atoms with Crippen molar-refractivity contribution in [2.75, 3.05) is 5.32 Å². The minimum Gasteiger partial charge on any atom is -0.363 e. The van der Waals surface area contributed by atoms with Gasteiger partial charge in [0, 0.05) is 12.4 Å². The van der Waals surface area contributed by atoms with Gasteiger partial charge in [-0.25, -0.2) is 9.97 Å². The molecule has 0 aliphatic heterocycles. The molecule has 1 aliphatic rings. The van der Waals surface area contributed by atoms with E-state index in [4.69, 9.17) is 0 Å². The first kappa shape index (κ1) is 16.6. The lowest BCUT2D eigenvalue weighted by atomic mass is 10.00. The molecule has 0 saturated heterocycles. The molecule has 2 heterocycles. The van der Waals surface area contributed by atoms with Crippen LogP contribution in [0.4, 0.5) is 19.0 Å². The van der Waals surface area contributed by atoms with Gasteiger partial charge in [0.15, 0.2) is 0 Å². The SMILES string of the molecule is FC(F)(F)c1cccc([C@@H](Nc2cccc(-n3ccnc3)n2)C2CC2)c1. The first-order chi connectivity index (χ1) is 12.5. The predicted octanol–water partition coefficient (Wildman–Crippen LogP) is 4.85. The van der Waals surface area contributed by atoms with Crippen LogP contribution >= 0.6 is 0 Å². The molecule has 1 N–H and O–H groups in total. The van der Waals surface area contributed by atoms with Crippen molar-refractivity contribution in [3.05, 3.63) is 72.3 Å². The molecule has 4 nitrogen and oxygen atoms in total. The Morgan fingerprint density at radius 1 is 1.12 bits per heavy atom. The molecule has 1 saturated carbocycles. The van der Waals surface area contributed by atoms with Crippen molar-refractivity contribution >= 4 is 5.82 Å². The van der Waals surface area contributed by atoms with Crippen LogP contribution in [0.2, 0.25) is 0 Å². The Morgan fingerprint density at radius 2 is 1.92 bits per heavy atom. The second kappa shape index (κ2) is 6.48. The van der Waals surface area contributed by atoms with Crippen molar-refractivity contribution in [3.63, 3.8) is 0 Å². The van der Waals surface area contributed by atoms with Crippen molar-refractivity contribution in [2.24, 2.45) is 5.92 Å². The van der Waals surface area contributed by atoms with Crippen molar-refractivity contribution in [1.29, 1.82) is 0 Å². The fourth-order valence-corrected chi connectivity index (χ4v) is 3.01. The number of benzene rings is 1. The molecule has 0 bridgehead atoms. The van der Waals surface area contributed by atoms with E-state index in [1.54, 1.807) is 29.4 Å². The van der Waals surface area contributed by atoms with Gasteiger partial charge < -0.3 is 5.32 Å². The number of nitrogens with one attached hydrogen (secondary N) is 1. The number of rotatable bonds is 5. The van der Waals surface area contributed by atoms with Crippen LogP contribution < -0.4 is 5.32 Å². The third-order valence-corrected chi connectivity index (χ3v) is 4.47. The van der Waals surface area contributed by atoms with E-state index >= 15 is 0 Å². The highest BCUT2D eigenvalue weighted by Crippen LogP contribution is 2.43. The number of anilines is 1. The van der Waals surface area contributed by atoms with Crippen LogP contribution in [-0.4, -0.2) is 14.5 Å². The van der Waals surface area contributed by atoms with Gasteiger partial charge in [0.2, 0.25) is 0 Å². The number of halogens is 3. The highest BCUT2D eigenvalue weighted by atomic mass is 19.4. The third kappa shape index (κ3) is 3.56. The first-order valence-corrected chi connectivity index (χ1v) is 8.40. The van der Waals surface area contributed by atoms with Gasteiger partial charge in [0.25, 0.3) is 0 Å². The number of pyridine rings is 1. The zero-order valence-electron chi connectivity index (χ0n) is 13.8. The smallest absolute Gasteiger partial charge is 0.363 e. The van der Waals surface area contributed by atoms with E-state index in [1.165, 1.54) is 12.1 Å². The molecular weight excluding hydrogens is 341 g/mol. The van der Waals surface area contributed by atoms with Gasteiger partial charge in [-0.3, -0.25) is 4.57 Å². The van der Waals surface area contributed by atoms with Crippen molar-refractivity contribution in [1.82, 2.24) is 14.5 Å². The summed E-state index contributed by atoms with van der Waals surface area (Å²) in [5.41, 5.74) is 0.0136. The van der Waals surface area contributed by atoms with Crippen LogP contribution in [0.5, 0.6) is 0 Å². The second-order valence-electron chi connectivity index (χ2n) is 6.43. The molecule has 1 atom stereocenters. The number of imidazole rings is 1. The van der Waals surface area contributed by atoms with Crippen LogP contribution in [0.15, 0.2) is 61.2 Å². The van der Waals surface area contributed by atoms with E-state index in [0.29, 0.717) is 23.1 Å². The normalized spacial score (nSPS) is 15.7. The van der Waals surface area contributed by atoms with Crippen molar-refractivity contribution in [2.45, 2.75) is 25.1 Å². The van der Waals surface area contributed by atoms with E-state index in [2.05, 4.69) is 15.3 Å². The Kier molecular flexibility index (Phi) is 4.14. The van der Waals surface area contributed by atoms with Crippen LogP contribution in [-0.2, 0) is 6.18 Å². The summed E-state index contributed by atoms with van der Waals surface area (Å²) in [6.45, 7) is 0. The van der Waals surface area contributed by atoms with E-state index in [1.807, 2.05) is 18.2 Å². The van der Waals surface area contributed by atoms with Gasteiger partial charge >= 0.3 is 6.18 Å². The molecule has 2 aromatic heterocycles. The Balaban J connectivity index is 1.62. The Morgan fingerprint density at radius 3 is 2.62 bits per heavy atom. The number of hydrogen-bond acceptors (Lipinski definition) is 3. The van der Waals surface area contributed by atoms with Gasteiger partial charge in [0.1, 0.15) is 18.0 Å². The van der Waals surface area contributed by atoms with Crippen LogP contribution in [0.25, 0.3) is 5.82 Å². The van der Waals surface area contributed by atoms with Crippen LogP contribution in [0.3, 0.4) is 0 Å². The molecule has 0 amide bonds. The monoisotopic (exact) mass is 358 g/mol. The van der Waals surface area contributed by atoms with Crippen LogP contribution in [0.1, 0.15) is 30.0 Å². The quantitative estimate of drug-likeness (QED) is 0.709. The highest BCUT2D eigenvalue weighted by molar-refractivity contribution is 5.44. The van der Waals surface area contributed by atoms with Crippen LogP contribution in [0, 0.1) is 5.92 Å². The summed E-state index contributed by atoms with van der Waals surface area (Å²) in [6.07, 6.45) is 2.75. The van der Waals surface area contributed by atoms with Gasteiger partial charge in [0.05, 0.1) is 11.6 Å². The summed E-state index contributed by atoms with van der Waals surface area (Å²) >= 11 is 0. The molecule has 0 radical (unpaired) electrons. The van der Waals surface area contributed by atoms with Crippen molar-refractivity contribution in [3.8, 4) is 5.82 Å². The molecule has 3 aromatic rings. The molecule has 1 aromatic carbocycles. The average Bonchev–Trinajstić information content (AvgIpc) is 3.32. The molecular formula is C19H17F3N4. The van der Waals surface area contributed by atoms with Gasteiger partial charge in [-0.15, -0.1) is 0 Å². The molecule has 0 unspecified atom stereocenters. The minimum absolute atomic E-state index is 0.192. The summed E-state index contributed by atoms with van der Waals surface area (Å²) in [6, 6.07) is 10.9. The summed E-state index contributed by atoms with van der Waals surface area (Å²) in [5.74, 6) is 1.65. The topological polar surface area (TPSA) is 42.7 Å². The summed E-state index contributed by atoms with van der Waals surface area (Å²) in [5, 5.41) is 3.33. The van der Waals surface area contributed by atoms with Gasteiger partial charge in [-0.05, 0) is 48.6 Å². The second-order valence-corrected chi connectivity index (χ2v) is 6.43. The predicted molar refractivity (Wildman–Crippen MR) is 91.9 cm³/mol.